The van der Waals surface area contributed by atoms with Crippen LogP contribution in [0.3, 0.4) is 0 Å². The fraction of sp³-hybridized carbons (Fsp3) is 0.417. The molecule has 1 atom stereocenters. The van der Waals surface area contributed by atoms with E-state index in [9.17, 15) is 18.0 Å². The van der Waals surface area contributed by atoms with Crippen molar-refractivity contribution in [2.24, 2.45) is 0 Å². The third kappa shape index (κ3) is 6.19. The van der Waals surface area contributed by atoms with E-state index in [-0.39, 0.29) is 44.5 Å². The van der Waals surface area contributed by atoms with E-state index in [2.05, 4.69) is 5.32 Å². The summed E-state index contributed by atoms with van der Waals surface area (Å²) in [5.74, 6) is 0.544. The van der Waals surface area contributed by atoms with E-state index in [1.54, 1.807) is 25.1 Å². The molecule has 1 aliphatic heterocycles. The molecule has 34 heavy (non-hydrogen) atoms. The molecular formula is C24H31N3O6S. The van der Waals surface area contributed by atoms with Gasteiger partial charge in [-0.25, -0.2) is 8.42 Å². The number of likely N-dealkylation sites (N-methyl/N-ethyl adjacent to an activating group) is 1. The lowest BCUT2D eigenvalue weighted by atomic mass is 10.1. The fourth-order valence-corrected chi connectivity index (χ4v) is 4.68. The number of carbonyl (C=O) groups excluding carboxylic acids is 2. The second kappa shape index (κ2) is 10.8. The highest BCUT2D eigenvalue weighted by Crippen LogP contribution is 2.36. The van der Waals surface area contributed by atoms with E-state index in [0.717, 1.165) is 17.4 Å². The van der Waals surface area contributed by atoms with Crippen LogP contribution in [0.25, 0.3) is 0 Å². The lowest BCUT2D eigenvalue weighted by molar-refractivity contribution is -0.140. The fourth-order valence-electron chi connectivity index (χ4n) is 3.73. The first-order valence-corrected chi connectivity index (χ1v) is 12.9. The number of aryl methyl sites for hydroxylation is 1. The molecule has 0 spiro atoms. The molecule has 3 rings (SSSR count). The standard InChI is InChI=1S/C24H31N3O6S/c1-17-7-9-19(10-8-17)15-26(18(2)24(29)25-3)23(28)6-5-13-27(34(4,30)31)20-11-12-21-22(14-20)33-16-32-21/h7-12,14,18H,5-6,13,15-16H2,1-4H3,(H,25,29). The van der Waals surface area contributed by atoms with Crippen molar-refractivity contribution in [3.05, 3.63) is 53.6 Å². The second-order valence-electron chi connectivity index (χ2n) is 8.27. The molecule has 9 nitrogen and oxygen atoms in total. The Morgan fingerprint density at radius 3 is 2.41 bits per heavy atom. The van der Waals surface area contributed by atoms with Gasteiger partial charge in [-0.3, -0.25) is 13.9 Å². The Kier molecular flexibility index (Phi) is 8.03. The van der Waals surface area contributed by atoms with E-state index < -0.39 is 16.1 Å². The van der Waals surface area contributed by atoms with Crippen molar-refractivity contribution in [2.45, 2.75) is 39.3 Å². The molecule has 0 aliphatic carbocycles. The van der Waals surface area contributed by atoms with Gasteiger partial charge in [0.25, 0.3) is 0 Å². The predicted octanol–water partition coefficient (Wildman–Crippen LogP) is 2.43. The molecule has 1 aliphatic rings. The van der Waals surface area contributed by atoms with E-state index in [1.165, 1.54) is 16.3 Å². The van der Waals surface area contributed by atoms with Crippen LogP contribution >= 0.6 is 0 Å². The van der Waals surface area contributed by atoms with Gasteiger partial charge in [0.1, 0.15) is 6.04 Å². The molecule has 0 saturated heterocycles. The lowest BCUT2D eigenvalue weighted by Gasteiger charge is -2.29. The highest BCUT2D eigenvalue weighted by Gasteiger charge is 2.26. The summed E-state index contributed by atoms with van der Waals surface area (Å²) in [6.07, 6.45) is 1.49. The van der Waals surface area contributed by atoms with Crippen molar-refractivity contribution in [1.82, 2.24) is 10.2 Å². The number of anilines is 1. The van der Waals surface area contributed by atoms with Gasteiger partial charge in [0.2, 0.25) is 28.6 Å². The minimum absolute atomic E-state index is 0.0871. The highest BCUT2D eigenvalue weighted by atomic mass is 32.2. The Morgan fingerprint density at radius 1 is 1.09 bits per heavy atom. The number of carbonyl (C=O) groups is 2. The first kappa shape index (κ1) is 25.4. The van der Waals surface area contributed by atoms with Crippen LogP contribution in [0.1, 0.15) is 30.9 Å². The van der Waals surface area contributed by atoms with Crippen molar-refractivity contribution >= 4 is 27.5 Å². The molecule has 184 valence electrons. The number of fused-ring (bicyclic) bond motifs is 1. The van der Waals surface area contributed by atoms with Gasteiger partial charge in [0.05, 0.1) is 11.9 Å². The maximum absolute atomic E-state index is 13.1. The van der Waals surface area contributed by atoms with Crippen LogP contribution in [-0.4, -0.2) is 57.8 Å². The van der Waals surface area contributed by atoms with Crippen LogP contribution < -0.4 is 19.1 Å². The quantitative estimate of drug-likeness (QED) is 0.550. The maximum Gasteiger partial charge on any atom is 0.242 e. The number of hydrogen-bond donors (Lipinski definition) is 1. The molecule has 1 heterocycles. The zero-order chi connectivity index (χ0) is 24.9. The molecule has 1 unspecified atom stereocenters. The molecule has 0 aromatic heterocycles. The topological polar surface area (TPSA) is 105 Å². The number of amides is 2. The van der Waals surface area contributed by atoms with Crippen molar-refractivity contribution in [2.75, 3.05) is 30.9 Å². The lowest BCUT2D eigenvalue weighted by Crippen LogP contribution is -2.46. The Balaban J connectivity index is 1.71. The Labute approximate surface area is 200 Å². The van der Waals surface area contributed by atoms with Crippen molar-refractivity contribution in [1.29, 1.82) is 0 Å². The Hall–Kier alpha value is -3.27. The summed E-state index contributed by atoms with van der Waals surface area (Å²) in [5, 5.41) is 2.59. The molecule has 1 N–H and O–H groups in total. The van der Waals surface area contributed by atoms with E-state index in [4.69, 9.17) is 9.47 Å². The van der Waals surface area contributed by atoms with Crippen molar-refractivity contribution in [3.63, 3.8) is 0 Å². The van der Waals surface area contributed by atoms with Gasteiger partial charge in [-0.2, -0.15) is 0 Å². The maximum atomic E-state index is 13.1. The first-order chi connectivity index (χ1) is 16.1. The second-order valence-corrected chi connectivity index (χ2v) is 10.2. The summed E-state index contributed by atoms with van der Waals surface area (Å²) in [7, 11) is -2.06. The molecule has 2 amide bonds. The van der Waals surface area contributed by atoms with Crippen LogP contribution in [-0.2, 0) is 26.2 Å². The molecule has 10 heteroatoms. The van der Waals surface area contributed by atoms with Gasteiger partial charge in [-0.15, -0.1) is 0 Å². The Bertz CT molecular complexity index is 1130. The first-order valence-electron chi connectivity index (χ1n) is 11.0. The minimum atomic E-state index is -3.59. The monoisotopic (exact) mass is 489 g/mol. The Morgan fingerprint density at radius 2 is 1.76 bits per heavy atom. The van der Waals surface area contributed by atoms with Crippen molar-refractivity contribution in [3.8, 4) is 11.5 Å². The number of hydrogen-bond acceptors (Lipinski definition) is 6. The average Bonchev–Trinajstić information content (AvgIpc) is 3.27. The molecule has 0 bridgehead atoms. The molecule has 0 saturated carbocycles. The SMILES string of the molecule is CNC(=O)C(C)N(Cc1ccc(C)cc1)C(=O)CCCN(c1ccc2c(c1)OCO2)S(C)(=O)=O. The molecule has 2 aromatic rings. The summed E-state index contributed by atoms with van der Waals surface area (Å²) in [5.41, 5.74) is 2.45. The average molecular weight is 490 g/mol. The molecule has 0 fully saturated rings. The van der Waals surface area contributed by atoms with Gasteiger partial charge in [-0.1, -0.05) is 29.8 Å². The van der Waals surface area contributed by atoms with Gasteiger partial charge in [0, 0.05) is 32.6 Å². The predicted molar refractivity (Wildman–Crippen MR) is 129 cm³/mol. The van der Waals surface area contributed by atoms with E-state index >= 15 is 0 Å². The zero-order valence-corrected chi connectivity index (χ0v) is 20.7. The van der Waals surface area contributed by atoms with E-state index in [1.807, 2.05) is 31.2 Å². The zero-order valence-electron chi connectivity index (χ0n) is 19.9. The molecule has 0 radical (unpaired) electrons. The van der Waals surface area contributed by atoms with Gasteiger partial charge in [-0.05, 0) is 38.0 Å². The summed E-state index contributed by atoms with van der Waals surface area (Å²) >= 11 is 0. The summed E-state index contributed by atoms with van der Waals surface area (Å²) in [6, 6.07) is 12.0. The van der Waals surface area contributed by atoms with Gasteiger partial charge < -0.3 is 19.7 Å². The van der Waals surface area contributed by atoms with Crippen LogP contribution in [0.4, 0.5) is 5.69 Å². The number of benzene rings is 2. The van der Waals surface area contributed by atoms with Gasteiger partial charge >= 0.3 is 0 Å². The smallest absolute Gasteiger partial charge is 0.242 e. The number of nitrogens with zero attached hydrogens (tertiary/aromatic N) is 2. The largest absolute Gasteiger partial charge is 0.454 e. The number of sulfonamides is 1. The summed E-state index contributed by atoms with van der Waals surface area (Å²) in [4.78, 5) is 26.9. The third-order valence-electron chi connectivity index (χ3n) is 5.68. The van der Waals surface area contributed by atoms with Crippen LogP contribution in [0.2, 0.25) is 0 Å². The normalized spacial score (nSPS) is 13.3. The van der Waals surface area contributed by atoms with Gasteiger partial charge in [0.15, 0.2) is 11.5 Å². The number of ether oxygens (including phenoxy) is 2. The van der Waals surface area contributed by atoms with Crippen LogP contribution in [0.5, 0.6) is 11.5 Å². The third-order valence-corrected chi connectivity index (χ3v) is 6.88. The van der Waals surface area contributed by atoms with Crippen LogP contribution in [0, 0.1) is 6.92 Å². The number of rotatable bonds is 10. The highest BCUT2D eigenvalue weighted by molar-refractivity contribution is 7.92. The number of nitrogens with one attached hydrogen (secondary N) is 1. The molecule has 2 aromatic carbocycles. The van der Waals surface area contributed by atoms with Crippen molar-refractivity contribution < 1.29 is 27.5 Å². The van der Waals surface area contributed by atoms with E-state index in [0.29, 0.717) is 17.2 Å². The summed E-state index contributed by atoms with van der Waals surface area (Å²) in [6.45, 7) is 4.14. The minimum Gasteiger partial charge on any atom is -0.454 e. The van der Waals surface area contributed by atoms with Crippen LogP contribution in [0.15, 0.2) is 42.5 Å². The molecular weight excluding hydrogens is 458 g/mol. The summed E-state index contributed by atoms with van der Waals surface area (Å²) < 4.78 is 36.8.